The third-order valence-corrected chi connectivity index (χ3v) is 2.78. The molecule has 0 saturated carbocycles. The Morgan fingerprint density at radius 3 is 2.60 bits per heavy atom. The Morgan fingerprint density at radius 2 is 1.95 bits per heavy atom. The minimum absolute atomic E-state index is 0.301. The second-order valence-electron chi connectivity index (χ2n) is 4.27. The molecule has 0 fully saturated rings. The molecular weight excluding hydrogens is 262 g/mol. The number of hydrogen-bond acceptors (Lipinski definition) is 3. The molecular formula is C13H13N3O4. The first kappa shape index (κ1) is 13.6. The lowest BCUT2D eigenvalue weighted by atomic mass is 10.1. The molecule has 104 valence electrons. The molecule has 0 unspecified atom stereocenters. The molecule has 0 aliphatic carbocycles. The van der Waals surface area contributed by atoms with Crippen LogP contribution in [0.1, 0.15) is 10.4 Å². The van der Waals surface area contributed by atoms with Crippen LogP contribution in [0.2, 0.25) is 0 Å². The average Bonchev–Trinajstić information content (AvgIpc) is 2.83. The fourth-order valence-corrected chi connectivity index (χ4v) is 1.98. The van der Waals surface area contributed by atoms with Gasteiger partial charge in [0.2, 0.25) is 5.91 Å². The number of nitrogens with two attached hydrogens (primary N) is 1. The van der Waals surface area contributed by atoms with E-state index in [1.165, 1.54) is 0 Å². The first-order chi connectivity index (χ1) is 9.49. The molecule has 2 aromatic rings. The van der Waals surface area contributed by atoms with Crippen molar-refractivity contribution in [1.29, 1.82) is 0 Å². The number of nitrogens with zero attached hydrogens (tertiary/aromatic N) is 1. The summed E-state index contributed by atoms with van der Waals surface area (Å²) in [5.74, 6) is -2.53. The molecule has 7 heteroatoms. The van der Waals surface area contributed by atoms with E-state index in [0.717, 1.165) is 10.3 Å². The zero-order valence-corrected chi connectivity index (χ0v) is 10.5. The molecule has 0 saturated heterocycles. The standard InChI is InChI=1S/C13H13N3O4/c14-10(17)6-16(7-11(18)19)13(20)9-3-1-2-8-4-5-15-12(8)9/h1-5,15H,6-7H2,(H2,14,17)(H,18,19). The highest BCUT2D eigenvalue weighted by Gasteiger charge is 2.22. The van der Waals surface area contributed by atoms with Gasteiger partial charge in [-0.1, -0.05) is 12.1 Å². The number of nitrogens with one attached hydrogen (secondary N) is 1. The van der Waals surface area contributed by atoms with Crippen molar-refractivity contribution in [1.82, 2.24) is 9.88 Å². The summed E-state index contributed by atoms with van der Waals surface area (Å²) in [4.78, 5) is 37.9. The van der Waals surface area contributed by atoms with Crippen molar-refractivity contribution in [2.75, 3.05) is 13.1 Å². The average molecular weight is 275 g/mol. The van der Waals surface area contributed by atoms with Gasteiger partial charge in [-0.2, -0.15) is 0 Å². The minimum atomic E-state index is -1.21. The summed E-state index contributed by atoms with van der Waals surface area (Å²) in [6.45, 7) is -1.03. The third-order valence-electron chi connectivity index (χ3n) is 2.78. The van der Waals surface area contributed by atoms with Gasteiger partial charge in [0.05, 0.1) is 11.1 Å². The topological polar surface area (TPSA) is 116 Å². The summed E-state index contributed by atoms with van der Waals surface area (Å²) in [6, 6.07) is 6.86. The second-order valence-corrected chi connectivity index (χ2v) is 4.27. The number of aliphatic carboxylic acids is 1. The maximum atomic E-state index is 12.4. The van der Waals surface area contributed by atoms with Crippen LogP contribution in [0.3, 0.4) is 0 Å². The Balaban J connectivity index is 2.37. The highest BCUT2D eigenvalue weighted by molar-refractivity contribution is 6.07. The minimum Gasteiger partial charge on any atom is -0.480 e. The fourth-order valence-electron chi connectivity index (χ4n) is 1.98. The number of aromatic amines is 1. The van der Waals surface area contributed by atoms with E-state index in [1.807, 2.05) is 6.07 Å². The molecule has 0 spiro atoms. The molecule has 1 aromatic heterocycles. The zero-order chi connectivity index (χ0) is 14.7. The van der Waals surface area contributed by atoms with Crippen LogP contribution >= 0.6 is 0 Å². The van der Waals surface area contributed by atoms with Crippen molar-refractivity contribution in [3.63, 3.8) is 0 Å². The van der Waals surface area contributed by atoms with Crippen LogP contribution in [0, 0.1) is 0 Å². The van der Waals surface area contributed by atoms with Gasteiger partial charge in [-0.3, -0.25) is 14.4 Å². The number of H-pyrrole nitrogens is 1. The van der Waals surface area contributed by atoms with Crippen molar-refractivity contribution in [3.8, 4) is 0 Å². The van der Waals surface area contributed by atoms with Crippen LogP contribution in [-0.4, -0.2) is 45.9 Å². The lowest BCUT2D eigenvalue weighted by Gasteiger charge is -2.19. The first-order valence-electron chi connectivity index (χ1n) is 5.84. The van der Waals surface area contributed by atoms with Gasteiger partial charge in [-0.15, -0.1) is 0 Å². The van der Waals surface area contributed by atoms with Crippen LogP contribution in [0.4, 0.5) is 0 Å². The van der Waals surface area contributed by atoms with Gasteiger partial charge in [0, 0.05) is 11.6 Å². The second kappa shape index (κ2) is 5.43. The summed E-state index contributed by atoms with van der Waals surface area (Å²) >= 11 is 0. The number of hydrogen-bond donors (Lipinski definition) is 3. The van der Waals surface area contributed by atoms with Gasteiger partial charge < -0.3 is 20.7 Å². The number of carboxylic acids is 1. The summed E-state index contributed by atoms with van der Waals surface area (Å²) in [5, 5.41) is 9.64. The predicted molar refractivity (Wildman–Crippen MR) is 71.0 cm³/mol. The maximum Gasteiger partial charge on any atom is 0.323 e. The van der Waals surface area contributed by atoms with Gasteiger partial charge >= 0.3 is 5.97 Å². The normalized spacial score (nSPS) is 10.4. The number of fused-ring (bicyclic) bond motifs is 1. The molecule has 4 N–H and O–H groups in total. The van der Waals surface area contributed by atoms with Crippen LogP contribution < -0.4 is 5.73 Å². The number of carbonyl (C=O) groups excluding carboxylic acids is 2. The molecule has 7 nitrogen and oxygen atoms in total. The number of carboxylic acid groups (broad SMARTS) is 1. The van der Waals surface area contributed by atoms with Crippen molar-refractivity contribution in [3.05, 3.63) is 36.0 Å². The highest BCUT2D eigenvalue weighted by Crippen LogP contribution is 2.18. The molecule has 1 heterocycles. The Hall–Kier alpha value is -2.83. The van der Waals surface area contributed by atoms with E-state index in [0.29, 0.717) is 11.1 Å². The number of para-hydroxylation sites is 1. The van der Waals surface area contributed by atoms with Gasteiger partial charge in [0.1, 0.15) is 13.1 Å². The molecule has 1 aromatic carbocycles. The smallest absolute Gasteiger partial charge is 0.323 e. The molecule has 0 bridgehead atoms. The number of aromatic nitrogens is 1. The molecule has 0 aliphatic heterocycles. The number of benzene rings is 1. The van der Waals surface area contributed by atoms with E-state index < -0.39 is 30.9 Å². The van der Waals surface area contributed by atoms with Crippen molar-refractivity contribution < 1.29 is 19.5 Å². The van der Waals surface area contributed by atoms with Crippen LogP contribution in [0.5, 0.6) is 0 Å². The van der Waals surface area contributed by atoms with E-state index in [-0.39, 0.29) is 0 Å². The van der Waals surface area contributed by atoms with Crippen LogP contribution in [-0.2, 0) is 9.59 Å². The van der Waals surface area contributed by atoms with Crippen molar-refractivity contribution >= 4 is 28.7 Å². The number of amides is 2. The number of primary amides is 1. The van der Waals surface area contributed by atoms with Gasteiger partial charge in [-0.25, -0.2) is 0 Å². The molecule has 0 radical (unpaired) electrons. The Morgan fingerprint density at radius 1 is 1.20 bits per heavy atom. The van der Waals surface area contributed by atoms with Gasteiger partial charge in [0.25, 0.3) is 5.91 Å². The number of rotatable bonds is 5. The van der Waals surface area contributed by atoms with E-state index >= 15 is 0 Å². The van der Waals surface area contributed by atoms with Gasteiger partial charge in [-0.05, 0) is 12.1 Å². The monoisotopic (exact) mass is 275 g/mol. The van der Waals surface area contributed by atoms with Crippen LogP contribution in [0.15, 0.2) is 30.5 Å². The maximum absolute atomic E-state index is 12.4. The Bertz CT molecular complexity index is 661. The molecule has 2 rings (SSSR count). The highest BCUT2D eigenvalue weighted by atomic mass is 16.4. The Kier molecular flexibility index (Phi) is 3.69. The third kappa shape index (κ3) is 2.77. The first-order valence-corrected chi connectivity index (χ1v) is 5.84. The molecule has 2 amide bonds. The summed E-state index contributed by atoms with van der Waals surface area (Å²) in [6.07, 6.45) is 1.68. The quantitative estimate of drug-likeness (QED) is 0.721. The SMILES string of the molecule is NC(=O)CN(CC(=O)O)C(=O)c1cccc2cc[nH]c12. The predicted octanol–water partition coefficient (Wildman–Crippen LogP) is 0.180. The van der Waals surface area contributed by atoms with E-state index in [4.69, 9.17) is 10.8 Å². The lowest BCUT2D eigenvalue weighted by molar-refractivity contribution is -0.138. The van der Waals surface area contributed by atoms with E-state index in [1.54, 1.807) is 24.4 Å². The van der Waals surface area contributed by atoms with Crippen LogP contribution in [0.25, 0.3) is 10.9 Å². The van der Waals surface area contributed by atoms with Crippen molar-refractivity contribution in [2.24, 2.45) is 5.73 Å². The summed E-state index contributed by atoms with van der Waals surface area (Å²) in [7, 11) is 0. The molecule has 0 aliphatic rings. The lowest BCUT2D eigenvalue weighted by Crippen LogP contribution is -2.41. The van der Waals surface area contributed by atoms with E-state index in [2.05, 4.69) is 4.98 Å². The number of carbonyl (C=O) groups is 3. The van der Waals surface area contributed by atoms with Gasteiger partial charge in [0.15, 0.2) is 0 Å². The summed E-state index contributed by atoms with van der Waals surface area (Å²) < 4.78 is 0. The Labute approximate surface area is 114 Å². The van der Waals surface area contributed by atoms with Crippen molar-refractivity contribution in [2.45, 2.75) is 0 Å². The fraction of sp³-hybridized carbons (Fsp3) is 0.154. The van der Waals surface area contributed by atoms with E-state index in [9.17, 15) is 14.4 Å². The summed E-state index contributed by atoms with van der Waals surface area (Å²) in [5.41, 5.74) is 5.94. The zero-order valence-electron chi connectivity index (χ0n) is 10.5. The molecule has 20 heavy (non-hydrogen) atoms. The molecule has 0 atom stereocenters. The largest absolute Gasteiger partial charge is 0.480 e.